The summed E-state index contributed by atoms with van der Waals surface area (Å²) < 4.78 is 0. The Kier molecular flexibility index (Phi) is 4.48. The van der Waals surface area contributed by atoms with Crippen LogP contribution in [0, 0.1) is 10.8 Å². The fraction of sp³-hybridized carbons (Fsp3) is 0.727. The minimum absolute atomic E-state index is 0.198. The Morgan fingerprint density at radius 2 is 1.85 bits per heavy atom. The van der Waals surface area contributed by atoms with Gasteiger partial charge in [0.05, 0.1) is 5.56 Å². The van der Waals surface area contributed by atoms with Gasteiger partial charge in [-0.15, -0.1) is 0 Å². The van der Waals surface area contributed by atoms with Gasteiger partial charge in [-0.2, -0.15) is 0 Å². The molecule has 0 radical (unpaired) electrons. The molecule has 2 bridgehead atoms. The monoisotopic (exact) mass is 355 g/mol. The molecule has 3 fully saturated rings. The number of pyridine rings is 1. The van der Waals surface area contributed by atoms with Crippen molar-refractivity contribution < 1.29 is 4.79 Å². The van der Waals surface area contributed by atoms with Crippen molar-refractivity contribution in [2.45, 2.75) is 71.8 Å². The summed E-state index contributed by atoms with van der Waals surface area (Å²) in [5, 5.41) is 0. The second-order valence-corrected chi connectivity index (χ2v) is 9.92. The number of carbonyl (C=O) groups excluding carboxylic acids is 1. The van der Waals surface area contributed by atoms with Crippen LogP contribution in [0.15, 0.2) is 18.3 Å². The van der Waals surface area contributed by atoms with Gasteiger partial charge in [0.15, 0.2) is 0 Å². The van der Waals surface area contributed by atoms with Gasteiger partial charge < -0.3 is 9.80 Å². The van der Waals surface area contributed by atoms with Crippen molar-refractivity contribution in [2.75, 3.05) is 24.5 Å². The molecule has 0 N–H and O–H groups in total. The first kappa shape index (κ1) is 17.8. The number of carbonyl (C=O) groups is 1. The maximum atomic E-state index is 13.6. The molecule has 4 rings (SSSR count). The van der Waals surface area contributed by atoms with Crippen molar-refractivity contribution in [3.05, 3.63) is 23.9 Å². The molecule has 2 unspecified atom stereocenters. The first-order valence-electron chi connectivity index (χ1n) is 10.4. The van der Waals surface area contributed by atoms with Crippen molar-refractivity contribution in [3.63, 3.8) is 0 Å². The fourth-order valence-corrected chi connectivity index (χ4v) is 5.95. The Bertz CT molecular complexity index is 678. The van der Waals surface area contributed by atoms with Gasteiger partial charge in [0.1, 0.15) is 5.82 Å². The van der Waals surface area contributed by atoms with Crippen LogP contribution in [0.25, 0.3) is 0 Å². The van der Waals surface area contributed by atoms with Crippen LogP contribution in [0.5, 0.6) is 0 Å². The molecular formula is C22H33N3O. The molecule has 0 spiro atoms. The van der Waals surface area contributed by atoms with E-state index in [-0.39, 0.29) is 11.3 Å². The zero-order valence-corrected chi connectivity index (χ0v) is 16.6. The average Bonchev–Trinajstić information content (AvgIpc) is 2.76. The van der Waals surface area contributed by atoms with E-state index < -0.39 is 0 Å². The second kappa shape index (κ2) is 6.54. The number of rotatable bonds is 2. The summed E-state index contributed by atoms with van der Waals surface area (Å²) in [6, 6.07) is 4.29. The number of aromatic nitrogens is 1. The van der Waals surface area contributed by atoms with Gasteiger partial charge in [0.2, 0.25) is 0 Å². The van der Waals surface area contributed by atoms with E-state index in [4.69, 9.17) is 0 Å². The molecule has 0 aromatic carbocycles. The molecule has 2 atom stereocenters. The van der Waals surface area contributed by atoms with Crippen LogP contribution in [0.4, 0.5) is 5.82 Å². The summed E-state index contributed by atoms with van der Waals surface area (Å²) in [4.78, 5) is 22.7. The summed E-state index contributed by atoms with van der Waals surface area (Å²) in [7, 11) is 0. The van der Waals surface area contributed by atoms with Crippen LogP contribution in [-0.2, 0) is 0 Å². The largest absolute Gasteiger partial charge is 0.356 e. The zero-order chi connectivity index (χ0) is 18.4. The maximum Gasteiger partial charge on any atom is 0.257 e. The molecule has 1 saturated carbocycles. The van der Waals surface area contributed by atoms with E-state index in [1.54, 1.807) is 0 Å². The number of amides is 1. The Balaban J connectivity index is 1.61. The fourth-order valence-electron chi connectivity index (χ4n) is 5.95. The van der Waals surface area contributed by atoms with Crippen molar-refractivity contribution in [2.24, 2.45) is 10.8 Å². The highest BCUT2D eigenvalue weighted by Crippen LogP contribution is 2.52. The smallest absolute Gasteiger partial charge is 0.257 e. The summed E-state index contributed by atoms with van der Waals surface area (Å²) in [6.45, 7) is 10.0. The second-order valence-electron chi connectivity index (χ2n) is 9.92. The van der Waals surface area contributed by atoms with Gasteiger partial charge in [0, 0.05) is 31.9 Å². The normalized spacial score (nSPS) is 31.0. The van der Waals surface area contributed by atoms with E-state index in [1.807, 2.05) is 18.3 Å². The van der Waals surface area contributed by atoms with E-state index in [1.165, 1.54) is 32.1 Å². The highest BCUT2D eigenvalue weighted by molar-refractivity contribution is 5.99. The van der Waals surface area contributed by atoms with Gasteiger partial charge in [-0.05, 0) is 55.1 Å². The van der Waals surface area contributed by atoms with Crippen LogP contribution in [0.1, 0.15) is 76.1 Å². The van der Waals surface area contributed by atoms with Gasteiger partial charge in [-0.3, -0.25) is 4.79 Å². The van der Waals surface area contributed by atoms with E-state index in [0.29, 0.717) is 11.5 Å². The van der Waals surface area contributed by atoms with Crippen LogP contribution in [0.2, 0.25) is 0 Å². The standard InChI is InChI=1S/C22H33N3O/c1-21(2)13-17-14-22(3,15-21)16-25(17)20(26)18-9-8-10-23-19(18)24-11-6-4-5-7-12-24/h8-10,17H,4-7,11-16H2,1-3H3. The Morgan fingerprint density at radius 3 is 2.58 bits per heavy atom. The number of hydrogen-bond acceptors (Lipinski definition) is 3. The lowest BCUT2D eigenvalue weighted by atomic mass is 9.65. The van der Waals surface area contributed by atoms with Gasteiger partial charge in [-0.25, -0.2) is 4.98 Å². The first-order chi connectivity index (χ1) is 12.4. The Hall–Kier alpha value is -1.58. The molecule has 4 heteroatoms. The van der Waals surface area contributed by atoms with Crippen molar-refractivity contribution in [1.29, 1.82) is 0 Å². The quantitative estimate of drug-likeness (QED) is 0.783. The van der Waals surface area contributed by atoms with Crippen LogP contribution in [0.3, 0.4) is 0 Å². The molecule has 26 heavy (non-hydrogen) atoms. The number of anilines is 1. The van der Waals surface area contributed by atoms with E-state index in [0.717, 1.165) is 43.9 Å². The predicted octanol–water partition coefficient (Wildman–Crippen LogP) is 4.50. The maximum absolute atomic E-state index is 13.6. The molecule has 3 aliphatic rings. The third-order valence-corrected chi connectivity index (χ3v) is 6.60. The Labute approximate surface area is 158 Å². The number of fused-ring (bicyclic) bond motifs is 2. The van der Waals surface area contributed by atoms with E-state index in [2.05, 4.69) is 35.6 Å². The van der Waals surface area contributed by atoms with Gasteiger partial charge in [-0.1, -0.05) is 33.6 Å². The zero-order valence-electron chi connectivity index (χ0n) is 16.6. The molecule has 2 aliphatic heterocycles. The van der Waals surface area contributed by atoms with Crippen molar-refractivity contribution >= 4 is 11.7 Å². The lowest BCUT2D eigenvalue weighted by molar-refractivity contribution is 0.0708. The number of nitrogens with zero attached hydrogens (tertiary/aromatic N) is 3. The van der Waals surface area contributed by atoms with Gasteiger partial charge in [0.25, 0.3) is 5.91 Å². The third-order valence-electron chi connectivity index (χ3n) is 6.60. The summed E-state index contributed by atoms with van der Waals surface area (Å²) in [5.41, 5.74) is 1.41. The number of likely N-dealkylation sites (tertiary alicyclic amines) is 1. The third kappa shape index (κ3) is 3.35. The molecule has 1 aromatic heterocycles. The SMILES string of the molecule is CC1(C)CC2CC(C)(CN2C(=O)c2cccnc2N2CCCCCC2)C1. The molecule has 1 aliphatic carbocycles. The molecule has 4 nitrogen and oxygen atoms in total. The Morgan fingerprint density at radius 1 is 1.12 bits per heavy atom. The lowest BCUT2D eigenvalue weighted by Crippen LogP contribution is -2.38. The molecular weight excluding hydrogens is 322 g/mol. The summed E-state index contributed by atoms with van der Waals surface area (Å²) in [5.74, 6) is 1.11. The van der Waals surface area contributed by atoms with Crippen LogP contribution < -0.4 is 4.90 Å². The highest BCUT2D eigenvalue weighted by Gasteiger charge is 2.51. The summed E-state index contributed by atoms with van der Waals surface area (Å²) >= 11 is 0. The topological polar surface area (TPSA) is 36.4 Å². The average molecular weight is 356 g/mol. The minimum atomic E-state index is 0.198. The van der Waals surface area contributed by atoms with Crippen LogP contribution >= 0.6 is 0 Å². The first-order valence-corrected chi connectivity index (χ1v) is 10.4. The van der Waals surface area contributed by atoms with Crippen molar-refractivity contribution in [3.8, 4) is 0 Å². The number of hydrogen-bond donors (Lipinski definition) is 0. The minimum Gasteiger partial charge on any atom is -0.356 e. The lowest BCUT2D eigenvalue weighted by Gasteiger charge is -2.39. The van der Waals surface area contributed by atoms with E-state index in [9.17, 15) is 4.79 Å². The van der Waals surface area contributed by atoms with E-state index >= 15 is 0 Å². The van der Waals surface area contributed by atoms with Crippen LogP contribution in [-0.4, -0.2) is 41.5 Å². The molecule has 3 heterocycles. The highest BCUT2D eigenvalue weighted by atomic mass is 16.2. The summed E-state index contributed by atoms with van der Waals surface area (Å²) in [6.07, 6.45) is 10.3. The predicted molar refractivity (Wildman–Crippen MR) is 105 cm³/mol. The molecule has 1 amide bonds. The molecule has 1 aromatic rings. The molecule has 142 valence electrons. The van der Waals surface area contributed by atoms with Gasteiger partial charge >= 0.3 is 0 Å². The molecule has 2 saturated heterocycles. The van der Waals surface area contributed by atoms with Crippen molar-refractivity contribution in [1.82, 2.24) is 9.88 Å².